The van der Waals surface area contributed by atoms with Gasteiger partial charge < -0.3 is 10.6 Å². The Morgan fingerprint density at radius 3 is 2.75 bits per heavy atom. The average Bonchev–Trinajstić information content (AvgIpc) is 2.94. The van der Waals surface area contributed by atoms with Gasteiger partial charge in [0.15, 0.2) is 15.8 Å². The van der Waals surface area contributed by atoms with Gasteiger partial charge in [-0.1, -0.05) is 0 Å². The van der Waals surface area contributed by atoms with Gasteiger partial charge in [-0.3, -0.25) is 9.89 Å². The summed E-state index contributed by atoms with van der Waals surface area (Å²) in [4.78, 5) is 12.3. The van der Waals surface area contributed by atoms with Gasteiger partial charge in [0.05, 0.1) is 23.1 Å². The van der Waals surface area contributed by atoms with E-state index in [1.165, 1.54) is 4.88 Å². The number of hydrogen-bond donors (Lipinski definition) is 2. The van der Waals surface area contributed by atoms with Crippen molar-refractivity contribution >= 4 is 27.1 Å². The monoisotopic (exact) mass is 373 g/mol. The predicted molar refractivity (Wildman–Crippen MR) is 99.6 cm³/mol. The Morgan fingerprint density at radius 1 is 1.38 bits per heavy atom. The molecule has 1 aromatic heterocycles. The number of nitrogens with zero attached hydrogens (tertiary/aromatic N) is 3. The van der Waals surface area contributed by atoms with Crippen LogP contribution in [0.15, 0.2) is 11.2 Å². The summed E-state index contributed by atoms with van der Waals surface area (Å²) in [5.41, 5.74) is 0. The first-order valence-electron chi connectivity index (χ1n) is 8.35. The van der Waals surface area contributed by atoms with E-state index in [0.29, 0.717) is 19.6 Å². The molecule has 2 N–H and O–H groups in total. The van der Waals surface area contributed by atoms with Crippen LogP contribution in [0.2, 0.25) is 0 Å². The van der Waals surface area contributed by atoms with Crippen molar-refractivity contribution in [3.05, 3.63) is 16.1 Å². The topological polar surface area (TPSA) is 86.7 Å². The summed E-state index contributed by atoms with van der Waals surface area (Å²) in [5, 5.41) is 7.68. The lowest BCUT2D eigenvalue weighted by Crippen LogP contribution is -2.42. The van der Waals surface area contributed by atoms with Crippen molar-refractivity contribution in [2.75, 3.05) is 50.8 Å². The smallest absolute Gasteiger partial charge is 0.191 e. The fourth-order valence-electron chi connectivity index (χ4n) is 2.42. The highest BCUT2D eigenvalue weighted by molar-refractivity contribution is 7.91. The highest BCUT2D eigenvalue weighted by Gasteiger charge is 2.20. The zero-order valence-corrected chi connectivity index (χ0v) is 16.0. The zero-order valence-electron chi connectivity index (χ0n) is 14.4. The maximum absolute atomic E-state index is 11.4. The van der Waals surface area contributed by atoms with E-state index in [9.17, 15) is 8.42 Å². The molecule has 24 heavy (non-hydrogen) atoms. The van der Waals surface area contributed by atoms with Crippen molar-refractivity contribution < 1.29 is 8.42 Å². The van der Waals surface area contributed by atoms with E-state index in [2.05, 4.69) is 32.4 Å². The molecule has 7 nitrogen and oxygen atoms in total. The molecule has 1 saturated heterocycles. The van der Waals surface area contributed by atoms with Crippen molar-refractivity contribution in [2.45, 2.75) is 20.3 Å². The van der Waals surface area contributed by atoms with Crippen LogP contribution in [0.5, 0.6) is 0 Å². The summed E-state index contributed by atoms with van der Waals surface area (Å²) >= 11 is 1.72. The molecular formula is C15H27N5O2S2. The number of nitrogens with one attached hydrogen (secondary N) is 2. The molecule has 2 rings (SSSR count). The Balaban J connectivity index is 1.71. The van der Waals surface area contributed by atoms with Gasteiger partial charge >= 0.3 is 0 Å². The first kappa shape index (κ1) is 19.1. The Kier molecular flexibility index (Phi) is 7.44. The standard InChI is InChI=1S/C15H27N5O2S2/c1-3-16-15(17-5-4-14-19-12-13(2)23-14)18-6-7-20-8-10-24(21,22)11-9-20/h12H,3-11H2,1-2H3,(H2,16,17,18). The lowest BCUT2D eigenvalue weighted by atomic mass is 10.4. The third kappa shape index (κ3) is 6.74. The molecule has 9 heteroatoms. The summed E-state index contributed by atoms with van der Waals surface area (Å²) in [6, 6.07) is 0. The van der Waals surface area contributed by atoms with Crippen LogP contribution >= 0.6 is 11.3 Å². The fraction of sp³-hybridized carbons (Fsp3) is 0.733. The summed E-state index contributed by atoms with van der Waals surface area (Å²) in [7, 11) is -2.81. The van der Waals surface area contributed by atoms with Gasteiger partial charge in [0, 0.05) is 50.2 Å². The second-order valence-electron chi connectivity index (χ2n) is 5.80. The van der Waals surface area contributed by atoms with Crippen LogP contribution in [-0.4, -0.2) is 75.0 Å². The van der Waals surface area contributed by atoms with Crippen LogP contribution in [0.4, 0.5) is 0 Å². The zero-order chi connectivity index (χ0) is 17.4. The molecule has 1 fully saturated rings. The molecule has 0 aromatic carbocycles. The van der Waals surface area contributed by atoms with E-state index in [-0.39, 0.29) is 11.5 Å². The van der Waals surface area contributed by atoms with Gasteiger partial charge in [-0.2, -0.15) is 0 Å². The molecular weight excluding hydrogens is 346 g/mol. The molecule has 1 aliphatic rings. The number of aliphatic imine (C=N–C) groups is 1. The van der Waals surface area contributed by atoms with Gasteiger partial charge in [-0.15, -0.1) is 11.3 Å². The van der Waals surface area contributed by atoms with Gasteiger partial charge in [0.25, 0.3) is 0 Å². The summed E-state index contributed by atoms with van der Waals surface area (Å²) in [6.07, 6.45) is 2.78. The maximum atomic E-state index is 11.4. The van der Waals surface area contributed by atoms with Gasteiger partial charge in [-0.05, 0) is 13.8 Å². The molecule has 0 aliphatic carbocycles. The summed E-state index contributed by atoms with van der Waals surface area (Å²) in [5.74, 6) is 1.33. The van der Waals surface area contributed by atoms with E-state index in [1.54, 1.807) is 11.3 Å². The molecule has 136 valence electrons. The molecule has 0 saturated carbocycles. The van der Waals surface area contributed by atoms with Crippen LogP contribution < -0.4 is 10.6 Å². The molecule has 0 amide bonds. The Bertz CT molecular complexity index is 628. The molecule has 0 atom stereocenters. The molecule has 1 aromatic rings. The minimum atomic E-state index is -2.81. The van der Waals surface area contributed by atoms with E-state index < -0.39 is 9.84 Å². The lowest BCUT2D eigenvalue weighted by molar-refractivity contribution is 0.304. The number of sulfone groups is 1. The third-order valence-electron chi connectivity index (χ3n) is 3.77. The van der Waals surface area contributed by atoms with Crippen LogP contribution in [0.25, 0.3) is 0 Å². The van der Waals surface area contributed by atoms with Gasteiger partial charge in [0.2, 0.25) is 0 Å². The Hall–Kier alpha value is -1.19. The van der Waals surface area contributed by atoms with Gasteiger partial charge in [-0.25, -0.2) is 13.4 Å². The van der Waals surface area contributed by atoms with Crippen molar-refractivity contribution in [3.8, 4) is 0 Å². The SMILES string of the molecule is CCNC(=NCCN1CCS(=O)(=O)CC1)NCCc1ncc(C)s1. The maximum Gasteiger partial charge on any atom is 0.191 e. The van der Waals surface area contributed by atoms with Crippen molar-refractivity contribution in [1.82, 2.24) is 20.5 Å². The first-order valence-corrected chi connectivity index (χ1v) is 11.0. The number of aromatic nitrogens is 1. The Labute approximate surface area is 148 Å². The quantitative estimate of drug-likeness (QED) is 0.527. The normalized spacial score (nSPS) is 18.5. The van der Waals surface area contributed by atoms with Crippen LogP contribution in [-0.2, 0) is 16.3 Å². The van der Waals surface area contributed by atoms with E-state index in [0.717, 1.165) is 37.0 Å². The number of guanidine groups is 1. The minimum Gasteiger partial charge on any atom is -0.357 e. The summed E-state index contributed by atoms with van der Waals surface area (Å²) in [6.45, 7) is 8.38. The fourth-order valence-corrected chi connectivity index (χ4v) is 4.49. The Morgan fingerprint density at radius 2 is 2.12 bits per heavy atom. The van der Waals surface area contributed by atoms with E-state index in [4.69, 9.17) is 0 Å². The third-order valence-corrected chi connectivity index (χ3v) is 6.35. The van der Waals surface area contributed by atoms with Crippen LogP contribution in [0.3, 0.4) is 0 Å². The predicted octanol–water partition coefficient (Wildman–Crippen LogP) is 0.280. The van der Waals surface area contributed by atoms with Crippen LogP contribution in [0.1, 0.15) is 16.8 Å². The molecule has 0 bridgehead atoms. The largest absolute Gasteiger partial charge is 0.357 e. The second kappa shape index (κ2) is 9.33. The molecule has 2 heterocycles. The molecule has 0 unspecified atom stereocenters. The number of hydrogen-bond acceptors (Lipinski definition) is 6. The molecule has 0 radical (unpaired) electrons. The minimum absolute atomic E-state index is 0.266. The summed E-state index contributed by atoms with van der Waals surface area (Å²) < 4.78 is 22.8. The molecule has 1 aliphatic heterocycles. The highest BCUT2D eigenvalue weighted by atomic mass is 32.2. The number of thiazole rings is 1. The average molecular weight is 374 g/mol. The van der Waals surface area contributed by atoms with Crippen molar-refractivity contribution in [3.63, 3.8) is 0 Å². The van der Waals surface area contributed by atoms with Crippen molar-refractivity contribution in [2.24, 2.45) is 4.99 Å². The van der Waals surface area contributed by atoms with Crippen molar-refractivity contribution in [1.29, 1.82) is 0 Å². The first-order chi connectivity index (χ1) is 11.5. The number of rotatable bonds is 7. The van der Waals surface area contributed by atoms with E-state index >= 15 is 0 Å². The second-order valence-corrected chi connectivity index (χ2v) is 9.42. The van der Waals surface area contributed by atoms with Gasteiger partial charge in [0.1, 0.15) is 0 Å². The highest BCUT2D eigenvalue weighted by Crippen LogP contribution is 2.10. The lowest BCUT2D eigenvalue weighted by Gasteiger charge is -2.25. The van der Waals surface area contributed by atoms with Crippen LogP contribution in [0, 0.1) is 6.92 Å². The molecule has 0 spiro atoms. The van der Waals surface area contributed by atoms with E-state index in [1.807, 2.05) is 13.1 Å². The number of aryl methyl sites for hydroxylation is 1.